The van der Waals surface area contributed by atoms with Crippen LogP contribution in [0.4, 0.5) is 5.69 Å². The summed E-state index contributed by atoms with van der Waals surface area (Å²) in [6.45, 7) is 2.29. The Morgan fingerprint density at radius 3 is 2.00 bits per heavy atom. The number of sulfonamides is 2. The van der Waals surface area contributed by atoms with Crippen LogP contribution in [0.2, 0.25) is 0 Å². The van der Waals surface area contributed by atoms with E-state index in [0.717, 1.165) is 16.1 Å². The van der Waals surface area contributed by atoms with Gasteiger partial charge in [-0.05, 0) is 31.2 Å². The van der Waals surface area contributed by atoms with Crippen LogP contribution in [-0.2, 0) is 24.8 Å². The number of hydrogen-bond donors (Lipinski definition) is 0. The first-order chi connectivity index (χ1) is 14.1. The normalized spacial score (nSPS) is 15.7. The van der Waals surface area contributed by atoms with Crippen molar-refractivity contribution in [2.45, 2.75) is 11.8 Å². The van der Waals surface area contributed by atoms with Crippen molar-refractivity contribution in [2.75, 3.05) is 43.3 Å². The van der Waals surface area contributed by atoms with Gasteiger partial charge in [-0.3, -0.25) is 9.10 Å². The monoisotopic (exact) mass is 451 g/mol. The molecule has 0 N–H and O–H groups in total. The number of hydrogen-bond acceptors (Lipinski definition) is 5. The van der Waals surface area contributed by atoms with E-state index in [9.17, 15) is 21.6 Å². The molecule has 1 aliphatic rings. The van der Waals surface area contributed by atoms with Crippen molar-refractivity contribution in [2.24, 2.45) is 0 Å². The minimum Gasteiger partial charge on any atom is -0.338 e. The number of nitrogens with zero attached hydrogens (tertiary/aromatic N) is 3. The van der Waals surface area contributed by atoms with Crippen LogP contribution in [0.15, 0.2) is 59.5 Å². The van der Waals surface area contributed by atoms with Crippen LogP contribution >= 0.6 is 0 Å². The van der Waals surface area contributed by atoms with Crippen LogP contribution in [0.25, 0.3) is 0 Å². The summed E-state index contributed by atoms with van der Waals surface area (Å²) in [5.74, 6) is -0.364. The van der Waals surface area contributed by atoms with E-state index in [1.807, 2.05) is 6.92 Å². The molecule has 2 aromatic carbocycles. The SMILES string of the molecule is Cc1ccc(S(=O)(=O)N2CCN(C(=O)CN(c3ccccc3)S(C)(=O)=O)CC2)cc1. The number of para-hydroxylation sites is 1. The average Bonchev–Trinajstić information content (AvgIpc) is 2.72. The minimum atomic E-state index is -3.65. The van der Waals surface area contributed by atoms with Gasteiger partial charge in [0.1, 0.15) is 6.54 Å². The fourth-order valence-corrected chi connectivity index (χ4v) is 5.53. The van der Waals surface area contributed by atoms with E-state index >= 15 is 0 Å². The second-order valence-corrected chi connectivity index (χ2v) is 11.0. The van der Waals surface area contributed by atoms with Crippen molar-refractivity contribution < 1.29 is 21.6 Å². The van der Waals surface area contributed by atoms with Gasteiger partial charge in [0.15, 0.2) is 0 Å². The summed E-state index contributed by atoms with van der Waals surface area (Å²) in [6, 6.07) is 15.1. The molecule has 0 atom stereocenters. The molecule has 10 heteroatoms. The third-order valence-electron chi connectivity index (χ3n) is 4.97. The van der Waals surface area contributed by atoms with Crippen LogP contribution in [0.3, 0.4) is 0 Å². The number of rotatable bonds is 6. The Balaban J connectivity index is 1.67. The molecular weight excluding hydrogens is 426 g/mol. The Morgan fingerprint density at radius 2 is 1.47 bits per heavy atom. The molecule has 1 aliphatic heterocycles. The van der Waals surface area contributed by atoms with Gasteiger partial charge < -0.3 is 4.90 Å². The highest BCUT2D eigenvalue weighted by atomic mass is 32.2. The summed E-state index contributed by atoms with van der Waals surface area (Å²) in [6.07, 6.45) is 1.05. The number of carbonyl (C=O) groups excluding carboxylic acids is 1. The Bertz CT molecular complexity index is 1090. The van der Waals surface area contributed by atoms with Gasteiger partial charge in [0.2, 0.25) is 26.0 Å². The fraction of sp³-hybridized carbons (Fsp3) is 0.350. The molecule has 0 aromatic heterocycles. The predicted octanol–water partition coefficient (Wildman–Crippen LogP) is 1.29. The lowest BCUT2D eigenvalue weighted by Gasteiger charge is -2.35. The van der Waals surface area contributed by atoms with Gasteiger partial charge in [-0.2, -0.15) is 4.31 Å². The molecule has 0 aliphatic carbocycles. The van der Waals surface area contributed by atoms with Crippen molar-refractivity contribution >= 4 is 31.6 Å². The second-order valence-electron chi connectivity index (χ2n) is 7.20. The summed E-state index contributed by atoms with van der Waals surface area (Å²) in [4.78, 5) is 14.5. The van der Waals surface area contributed by atoms with Crippen molar-refractivity contribution in [3.05, 3.63) is 60.2 Å². The molecule has 162 valence electrons. The van der Waals surface area contributed by atoms with E-state index in [1.54, 1.807) is 54.6 Å². The molecule has 1 heterocycles. The molecule has 1 fully saturated rings. The first-order valence-electron chi connectivity index (χ1n) is 9.46. The zero-order chi connectivity index (χ0) is 21.9. The third kappa shape index (κ3) is 5.00. The maximum atomic E-state index is 12.8. The van der Waals surface area contributed by atoms with Crippen LogP contribution in [0.1, 0.15) is 5.56 Å². The van der Waals surface area contributed by atoms with Crippen LogP contribution < -0.4 is 4.31 Å². The number of benzene rings is 2. The third-order valence-corrected chi connectivity index (χ3v) is 8.03. The lowest BCUT2D eigenvalue weighted by molar-refractivity contribution is -0.130. The standard InChI is InChI=1S/C20H25N3O5S2/c1-17-8-10-19(11-9-17)30(27,28)22-14-12-21(13-15-22)20(24)16-23(29(2,25)26)18-6-4-3-5-7-18/h3-11H,12-16H2,1-2H3. The van der Waals surface area contributed by atoms with Crippen molar-refractivity contribution in [3.63, 3.8) is 0 Å². The summed E-state index contributed by atoms with van der Waals surface area (Å²) < 4.78 is 52.4. The van der Waals surface area contributed by atoms with Gasteiger partial charge >= 0.3 is 0 Å². The Hall–Kier alpha value is -2.43. The summed E-state index contributed by atoms with van der Waals surface area (Å²) in [7, 11) is -7.27. The van der Waals surface area contributed by atoms with Crippen molar-refractivity contribution in [1.82, 2.24) is 9.21 Å². The highest BCUT2D eigenvalue weighted by molar-refractivity contribution is 7.92. The molecule has 1 amide bonds. The van der Waals surface area contributed by atoms with E-state index in [2.05, 4.69) is 0 Å². The summed E-state index contributed by atoms with van der Waals surface area (Å²) in [5.41, 5.74) is 1.38. The van der Waals surface area contributed by atoms with Gasteiger partial charge in [0, 0.05) is 26.2 Å². The van der Waals surface area contributed by atoms with Gasteiger partial charge in [-0.25, -0.2) is 16.8 Å². The summed E-state index contributed by atoms with van der Waals surface area (Å²) in [5, 5.41) is 0. The molecule has 8 nitrogen and oxygen atoms in total. The van der Waals surface area contributed by atoms with E-state index in [1.165, 1.54) is 9.21 Å². The molecule has 0 unspecified atom stereocenters. The predicted molar refractivity (Wildman–Crippen MR) is 115 cm³/mol. The molecule has 1 saturated heterocycles. The number of piperazine rings is 1. The zero-order valence-corrected chi connectivity index (χ0v) is 18.6. The molecule has 0 spiro atoms. The molecule has 0 bridgehead atoms. The highest BCUT2D eigenvalue weighted by Gasteiger charge is 2.31. The largest absolute Gasteiger partial charge is 0.338 e. The molecule has 0 saturated carbocycles. The fourth-order valence-electron chi connectivity index (χ4n) is 3.25. The van der Waals surface area contributed by atoms with Crippen molar-refractivity contribution in [1.29, 1.82) is 0 Å². The molecule has 3 rings (SSSR count). The molecule has 30 heavy (non-hydrogen) atoms. The number of aryl methyl sites for hydroxylation is 1. The van der Waals surface area contributed by atoms with Crippen LogP contribution in [-0.4, -0.2) is 70.9 Å². The van der Waals surface area contributed by atoms with Crippen molar-refractivity contribution in [3.8, 4) is 0 Å². The average molecular weight is 452 g/mol. The number of carbonyl (C=O) groups is 1. The second kappa shape index (κ2) is 8.75. The maximum absolute atomic E-state index is 12.8. The topological polar surface area (TPSA) is 95.1 Å². The van der Waals surface area contributed by atoms with Gasteiger partial charge in [-0.1, -0.05) is 35.9 Å². The smallest absolute Gasteiger partial charge is 0.243 e. The van der Waals surface area contributed by atoms with Gasteiger partial charge in [0.05, 0.1) is 16.8 Å². The lowest BCUT2D eigenvalue weighted by atomic mass is 10.2. The van der Waals surface area contributed by atoms with E-state index in [-0.39, 0.29) is 43.5 Å². The lowest BCUT2D eigenvalue weighted by Crippen LogP contribution is -2.53. The molecular formula is C20H25N3O5S2. The Labute approximate surface area is 177 Å². The van der Waals surface area contributed by atoms with Crippen LogP contribution in [0, 0.1) is 6.92 Å². The van der Waals surface area contributed by atoms with E-state index < -0.39 is 20.0 Å². The van der Waals surface area contributed by atoms with Gasteiger partial charge in [-0.15, -0.1) is 0 Å². The van der Waals surface area contributed by atoms with E-state index in [4.69, 9.17) is 0 Å². The number of anilines is 1. The first-order valence-corrected chi connectivity index (χ1v) is 12.8. The minimum absolute atomic E-state index is 0.159. The van der Waals surface area contributed by atoms with Crippen LogP contribution in [0.5, 0.6) is 0 Å². The maximum Gasteiger partial charge on any atom is 0.243 e. The van der Waals surface area contributed by atoms with E-state index in [0.29, 0.717) is 5.69 Å². The summed E-state index contributed by atoms with van der Waals surface area (Å²) >= 11 is 0. The first kappa shape index (κ1) is 22.3. The molecule has 2 aromatic rings. The Morgan fingerprint density at radius 1 is 0.900 bits per heavy atom. The quantitative estimate of drug-likeness (QED) is 0.660. The molecule has 0 radical (unpaired) electrons. The van der Waals surface area contributed by atoms with Gasteiger partial charge in [0.25, 0.3) is 0 Å². The highest BCUT2D eigenvalue weighted by Crippen LogP contribution is 2.20. The number of amides is 1. The zero-order valence-electron chi connectivity index (χ0n) is 16.9. The Kier molecular flexibility index (Phi) is 6.49.